The molecule has 0 aromatic rings. The molecule has 0 aromatic carbocycles. The molecular formula is C8H21NO3P+. The maximum absolute atomic E-state index is 10.7. The van der Waals surface area contributed by atoms with E-state index in [0.717, 1.165) is 25.7 Å². The Bertz CT molecular complexity index is 110. The summed E-state index contributed by atoms with van der Waals surface area (Å²) in [5, 5.41) is 0.214. The third kappa shape index (κ3) is 11.6. The molecule has 0 bridgehead atoms. The maximum Gasteiger partial charge on any atom is 0.477 e. The monoisotopic (exact) mass is 210 g/mol. The summed E-state index contributed by atoms with van der Waals surface area (Å²) in [5.74, 6) is 0. The summed E-state index contributed by atoms with van der Waals surface area (Å²) < 4.78 is 0. The minimum absolute atomic E-state index is 0. The summed E-state index contributed by atoms with van der Waals surface area (Å²) in [4.78, 5) is 20.0. The van der Waals surface area contributed by atoms with E-state index >= 15 is 0 Å². The van der Waals surface area contributed by atoms with Crippen LogP contribution in [0.15, 0.2) is 0 Å². The average Bonchev–Trinajstić information content (AvgIpc) is 2.06. The van der Waals surface area contributed by atoms with Crippen molar-refractivity contribution in [1.82, 2.24) is 0 Å². The van der Waals surface area contributed by atoms with Crippen LogP contribution >= 0.6 is 9.90 Å². The highest BCUT2D eigenvalue weighted by Crippen LogP contribution is 1.92. The number of rotatable bonds is 8. The van der Waals surface area contributed by atoms with Crippen molar-refractivity contribution in [3.63, 3.8) is 0 Å². The van der Waals surface area contributed by atoms with E-state index in [-0.39, 0.29) is 15.0 Å². The Kier molecular flexibility index (Phi) is 13.5. The Hall–Kier alpha value is -0.370. The van der Waals surface area contributed by atoms with Crippen molar-refractivity contribution >= 4 is 9.90 Å². The highest BCUT2D eigenvalue weighted by Gasteiger charge is 2.09. The van der Waals surface area contributed by atoms with Crippen LogP contribution < -0.4 is 0 Å². The minimum Gasteiger partial charge on any atom is -0.187 e. The van der Waals surface area contributed by atoms with Crippen molar-refractivity contribution in [3.05, 3.63) is 4.91 Å². The van der Waals surface area contributed by atoms with Gasteiger partial charge in [0.05, 0.1) is 0 Å². The van der Waals surface area contributed by atoms with Crippen molar-refractivity contribution in [3.8, 4) is 0 Å². The molecule has 4 nitrogen and oxygen atoms in total. The molecule has 5 heteroatoms. The van der Waals surface area contributed by atoms with Gasteiger partial charge in [0.15, 0.2) is 13.2 Å². The normalized spacial score (nSPS) is 8.77. The van der Waals surface area contributed by atoms with Crippen LogP contribution in [0.5, 0.6) is 0 Å². The summed E-state index contributed by atoms with van der Waals surface area (Å²) in [5.41, 5.74) is 0. The van der Waals surface area contributed by atoms with Gasteiger partial charge in [0, 0.05) is 0 Å². The lowest BCUT2D eigenvalue weighted by Crippen LogP contribution is -2.12. The summed E-state index contributed by atoms with van der Waals surface area (Å²) >= 11 is 0. The molecule has 13 heavy (non-hydrogen) atoms. The van der Waals surface area contributed by atoms with E-state index < -0.39 is 0 Å². The number of unbranched alkanes of at least 4 members (excludes halogenated alkanes) is 2. The maximum atomic E-state index is 10.7. The molecule has 0 aliphatic carbocycles. The van der Waals surface area contributed by atoms with E-state index in [1.54, 1.807) is 0 Å². The van der Waals surface area contributed by atoms with E-state index in [1.165, 1.54) is 0 Å². The van der Waals surface area contributed by atoms with Crippen molar-refractivity contribution < 1.29 is 14.8 Å². The Morgan fingerprint density at radius 2 is 1.38 bits per heavy atom. The summed E-state index contributed by atoms with van der Waals surface area (Å²) in [6.07, 6.45) is 3.80. The van der Waals surface area contributed by atoms with Crippen LogP contribution in [-0.4, -0.2) is 18.3 Å². The van der Waals surface area contributed by atoms with Gasteiger partial charge < -0.3 is 0 Å². The Balaban J connectivity index is 0. The molecule has 0 saturated heterocycles. The van der Waals surface area contributed by atoms with Gasteiger partial charge in [-0.2, -0.15) is 19.6 Å². The third-order valence-electron chi connectivity index (χ3n) is 1.39. The first kappa shape index (κ1) is 15.1. The lowest BCUT2D eigenvalue weighted by molar-refractivity contribution is -0.981. The summed E-state index contributed by atoms with van der Waals surface area (Å²) in [6, 6.07) is 0. The minimum atomic E-state index is 0. The second-order valence-electron chi connectivity index (χ2n) is 2.60. The fourth-order valence-electron chi connectivity index (χ4n) is 0.604. The zero-order valence-corrected chi connectivity index (χ0v) is 10.0. The fraction of sp³-hybridized carbons (Fsp3) is 1.00. The van der Waals surface area contributed by atoms with Crippen LogP contribution in [0, 0.1) is 4.91 Å². The van der Waals surface area contributed by atoms with Gasteiger partial charge in [0.2, 0.25) is 0 Å². The number of nitrogens with zero attached hydrogens (tertiary/aromatic N) is 1. The van der Waals surface area contributed by atoms with E-state index in [4.69, 9.17) is 0 Å². The zero-order valence-electron chi connectivity index (χ0n) is 8.62. The van der Waals surface area contributed by atoms with Crippen LogP contribution in [0.4, 0.5) is 0 Å². The quantitative estimate of drug-likeness (QED) is 0.350. The predicted molar refractivity (Wildman–Crippen MR) is 56.5 cm³/mol. The van der Waals surface area contributed by atoms with Crippen LogP contribution in [0.3, 0.4) is 0 Å². The van der Waals surface area contributed by atoms with Gasteiger partial charge in [-0.25, -0.2) is 0 Å². The molecule has 0 saturated carbocycles. The van der Waals surface area contributed by atoms with Crippen LogP contribution in [0.1, 0.15) is 39.5 Å². The first-order chi connectivity index (χ1) is 5.81. The van der Waals surface area contributed by atoms with E-state index in [2.05, 4.69) is 9.68 Å². The molecule has 0 N–H and O–H groups in total. The van der Waals surface area contributed by atoms with Gasteiger partial charge in [-0.3, -0.25) is 0 Å². The second-order valence-corrected chi connectivity index (χ2v) is 2.60. The molecular weight excluding hydrogens is 189 g/mol. The molecule has 0 spiro atoms. The van der Waals surface area contributed by atoms with Gasteiger partial charge in [-0.15, -0.1) is 0 Å². The molecule has 0 aliphatic heterocycles. The Labute approximate surface area is 83.1 Å². The molecule has 0 heterocycles. The van der Waals surface area contributed by atoms with Gasteiger partial charge in [0.1, 0.15) is 4.91 Å². The van der Waals surface area contributed by atoms with Crippen molar-refractivity contribution in [2.24, 2.45) is 0 Å². The summed E-state index contributed by atoms with van der Waals surface area (Å²) in [7, 11) is 0. The molecule has 0 aromatic heterocycles. The first-order valence-electron chi connectivity index (χ1n) is 4.54. The lowest BCUT2D eigenvalue weighted by atomic mass is 10.4. The second kappa shape index (κ2) is 11.6. The molecule has 0 amide bonds. The standard InChI is InChI=1S/C8H18NO3.H3P/c1-3-5-7-11-9(10)12-8-6-4-2;/h3-8H2,1-2H3;1H3/q+1;. The zero-order chi connectivity index (χ0) is 9.23. The van der Waals surface area contributed by atoms with Crippen molar-refractivity contribution in [2.75, 3.05) is 13.2 Å². The third-order valence-corrected chi connectivity index (χ3v) is 1.39. The van der Waals surface area contributed by atoms with Crippen LogP contribution in [0.25, 0.3) is 0 Å². The summed E-state index contributed by atoms with van der Waals surface area (Å²) in [6.45, 7) is 4.95. The molecule has 1 atom stereocenters. The first-order valence-corrected chi connectivity index (χ1v) is 4.54. The molecule has 0 rings (SSSR count). The fourth-order valence-corrected chi connectivity index (χ4v) is 0.604. The van der Waals surface area contributed by atoms with Gasteiger partial charge >= 0.3 is 5.09 Å². The van der Waals surface area contributed by atoms with Crippen molar-refractivity contribution in [2.45, 2.75) is 39.5 Å². The Morgan fingerprint density at radius 3 is 1.69 bits per heavy atom. The van der Waals surface area contributed by atoms with E-state index in [1.807, 2.05) is 13.8 Å². The van der Waals surface area contributed by atoms with Gasteiger partial charge in [-0.05, 0) is 12.8 Å². The molecule has 0 aliphatic rings. The molecule has 1 unspecified atom stereocenters. The lowest BCUT2D eigenvalue weighted by Gasteiger charge is -1.92. The Morgan fingerprint density at radius 1 is 1.00 bits per heavy atom. The molecule has 80 valence electrons. The predicted octanol–water partition coefficient (Wildman–Crippen LogP) is 2.29. The van der Waals surface area contributed by atoms with Crippen LogP contribution in [0.2, 0.25) is 0 Å². The molecule has 0 fully saturated rings. The van der Waals surface area contributed by atoms with E-state index in [9.17, 15) is 4.91 Å². The SMILES string of the molecule is CCCCO[N+](=O)OCCCC.P. The van der Waals surface area contributed by atoms with Crippen molar-refractivity contribution in [1.29, 1.82) is 0 Å². The smallest absolute Gasteiger partial charge is 0.187 e. The van der Waals surface area contributed by atoms with E-state index in [0.29, 0.717) is 13.2 Å². The molecule has 0 radical (unpaired) electrons. The highest BCUT2D eigenvalue weighted by atomic mass is 31.0. The highest BCUT2D eigenvalue weighted by molar-refractivity contribution is 6.92. The topological polar surface area (TPSA) is 38.5 Å². The number of hydrogen-bond donors (Lipinski definition) is 0. The average molecular weight is 210 g/mol. The number of hydrogen-bond acceptors (Lipinski definition) is 3. The largest absolute Gasteiger partial charge is 0.477 e. The van der Waals surface area contributed by atoms with Gasteiger partial charge in [-0.1, -0.05) is 26.7 Å². The van der Waals surface area contributed by atoms with Gasteiger partial charge in [0.25, 0.3) is 0 Å². The van der Waals surface area contributed by atoms with Crippen LogP contribution in [-0.2, 0) is 9.68 Å².